The van der Waals surface area contributed by atoms with Crippen LogP contribution in [0.3, 0.4) is 0 Å². The molecule has 192 valence electrons. The van der Waals surface area contributed by atoms with Gasteiger partial charge in [0.2, 0.25) is 0 Å². The Labute approximate surface area is 210 Å². The number of esters is 1. The van der Waals surface area contributed by atoms with Crippen LogP contribution in [0.1, 0.15) is 74.9 Å². The molecule has 0 bridgehead atoms. The normalized spacial score (nSPS) is 17.4. The minimum absolute atomic E-state index is 0.192. The highest BCUT2D eigenvalue weighted by Gasteiger charge is 2.27. The van der Waals surface area contributed by atoms with E-state index in [1.807, 2.05) is 33.8 Å². The highest BCUT2D eigenvalue weighted by Crippen LogP contribution is 2.30. The summed E-state index contributed by atoms with van der Waals surface area (Å²) in [6, 6.07) is 4.31. The van der Waals surface area contributed by atoms with E-state index in [0.717, 1.165) is 62.3 Å². The van der Waals surface area contributed by atoms with Gasteiger partial charge in [-0.05, 0) is 78.0 Å². The molecule has 1 aromatic rings. The monoisotopic (exact) mass is 484 g/mol. The molecular weight excluding hydrogens is 444 g/mol. The van der Waals surface area contributed by atoms with Crippen LogP contribution in [0.4, 0.5) is 10.5 Å². The third kappa shape index (κ3) is 7.14. The van der Waals surface area contributed by atoms with Gasteiger partial charge < -0.3 is 24.0 Å². The van der Waals surface area contributed by atoms with Crippen molar-refractivity contribution in [2.75, 3.05) is 44.9 Å². The molecule has 0 unspecified atom stereocenters. The summed E-state index contributed by atoms with van der Waals surface area (Å²) in [5, 5.41) is 0. The third-order valence-corrected chi connectivity index (χ3v) is 6.63. The maximum absolute atomic E-state index is 12.6. The summed E-state index contributed by atoms with van der Waals surface area (Å²) in [6.45, 7) is 13.4. The average molecular weight is 485 g/mol. The Bertz CT molecular complexity index is 958. The van der Waals surface area contributed by atoms with E-state index in [0.29, 0.717) is 24.7 Å². The zero-order valence-electron chi connectivity index (χ0n) is 22.1. The van der Waals surface area contributed by atoms with Crippen molar-refractivity contribution in [2.45, 2.75) is 71.9 Å². The number of ether oxygens (including phenoxy) is 3. The first-order chi connectivity index (χ1) is 16.6. The van der Waals surface area contributed by atoms with Crippen molar-refractivity contribution in [1.82, 2.24) is 4.90 Å². The lowest BCUT2D eigenvalue weighted by Crippen LogP contribution is -2.41. The van der Waals surface area contributed by atoms with E-state index in [4.69, 9.17) is 14.2 Å². The van der Waals surface area contributed by atoms with E-state index in [1.54, 1.807) is 4.90 Å². The van der Waals surface area contributed by atoms with Crippen LogP contribution in [0.15, 0.2) is 12.1 Å². The number of piperidine rings is 1. The molecule has 1 aromatic carbocycles. The fraction of sp³-hybridized carbons (Fsp3) is 0.643. The van der Waals surface area contributed by atoms with Gasteiger partial charge in [-0.15, -0.1) is 0 Å². The Morgan fingerprint density at radius 3 is 2.37 bits per heavy atom. The van der Waals surface area contributed by atoms with E-state index in [2.05, 4.69) is 29.7 Å². The Balaban J connectivity index is 1.80. The number of likely N-dealkylation sites (tertiary alicyclic amines) is 1. The molecule has 0 spiro atoms. The summed E-state index contributed by atoms with van der Waals surface area (Å²) in [5.74, 6) is 6.56. The van der Waals surface area contributed by atoms with Gasteiger partial charge in [0.15, 0.2) is 0 Å². The predicted octanol–water partition coefficient (Wildman–Crippen LogP) is 4.79. The summed E-state index contributed by atoms with van der Waals surface area (Å²) in [7, 11) is 1.41. The third-order valence-electron chi connectivity index (χ3n) is 6.63. The minimum Gasteiger partial charge on any atom is -0.465 e. The van der Waals surface area contributed by atoms with Gasteiger partial charge in [0.25, 0.3) is 0 Å². The van der Waals surface area contributed by atoms with Crippen molar-refractivity contribution in [2.24, 2.45) is 5.92 Å². The molecule has 2 fully saturated rings. The highest BCUT2D eigenvalue weighted by molar-refractivity contribution is 5.93. The molecule has 2 aliphatic heterocycles. The summed E-state index contributed by atoms with van der Waals surface area (Å²) in [4.78, 5) is 29.0. The van der Waals surface area contributed by atoms with Crippen molar-refractivity contribution in [3.8, 4) is 11.8 Å². The summed E-state index contributed by atoms with van der Waals surface area (Å²) in [5.41, 5.74) is 2.82. The average Bonchev–Trinajstić information content (AvgIpc) is 2.84. The van der Waals surface area contributed by atoms with Gasteiger partial charge in [0.1, 0.15) is 5.60 Å². The van der Waals surface area contributed by atoms with Crippen LogP contribution in [0.5, 0.6) is 0 Å². The maximum Gasteiger partial charge on any atom is 0.410 e. The molecule has 0 atom stereocenters. The molecule has 1 amide bonds. The minimum atomic E-state index is -0.495. The number of hydrogen-bond acceptors (Lipinski definition) is 6. The summed E-state index contributed by atoms with van der Waals surface area (Å²) >= 11 is 0. The number of carbonyl (C=O) groups is 2. The molecule has 0 aromatic heterocycles. The first-order valence-corrected chi connectivity index (χ1v) is 12.7. The van der Waals surface area contributed by atoms with E-state index in [1.165, 1.54) is 7.11 Å². The first-order valence-electron chi connectivity index (χ1n) is 12.7. The maximum atomic E-state index is 12.6. The van der Waals surface area contributed by atoms with E-state index < -0.39 is 5.60 Å². The molecule has 35 heavy (non-hydrogen) atoms. The molecule has 0 radical (unpaired) electrons. The second-order valence-electron chi connectivity index (χ2n) is 10.3. The summed E-state index contributed by atoms with van der Waals surface area (Å²) in [6.07, 6.45) is 3.28. The van der Waals surface area contributed by atoms with E-state index in [9.17, 15) is 9.59 Å². The van der Waals surface area contributed by atoms with Crippen molar-refractivity contribution in [3.05, 3.63) is 28.8 Å². The fourth-order valence-electron chi connectivity index (χ4n) is 4.73. The lowest BCUT2D eigenvalue weighted by Gasteiger charge is -2.36. The molecule has 2 heterocycles. The van der Waals surface area contributed by atoms with Gasteiger partial charge in [-0.2, -0.15) is 0 Å². The van der Waals surface area contributed by atoms with Gasteiger partial charge in [0, 0.05) is 56.1 Å². The van der Waals surface area contributed by atoms with Crippen molar-refractivity contribution in [3.63, 3.8) is 0 Å². The number of benzene rings is 1. The smallest absolute Gasteiger partial charge is 0.410 e. The molecular formula is C28H40N2O5. The number of anilines is 1. The van der Waals surface area contributed by atoms with Crippen LogP contribution in [-0.4, -0.2) is 68.6 Å². The lowest BCUT2D eigenvalue weighted by atomic mass is 9.96. The predicted molar refractivity (Wildman–Crippen MR) is 137 cm³/mol. The van der Waals surface area contributed by atoms with Gasteiger partial charge in [-0.25, -0.2) is 9.59 Å². The zero-order chi connectivity index (χ0) is 25.6. The number of nitrogens with zero attached hydrogens (tertiary/aromatic N) is 2. The number of hydrogen-bond donors (Lipinski definition) is 0. The van der Waals surface area contributed by atoms with Crippen LogP contribution in [0, 0.1) is 24.7 Å². The molecule has 0 aliphatic carbocycles. The van der Waals surface area contributed by atoms with Crippen LogP contribution in [0.25, 0.3) is 0 Å². The van der Waals surface area contributed by atoms with E-state index in [-0.39, 0.29) is 18.0 Å². The fourth-order valence-corrected chi connectivity index (χ4v) is 4.73. The number of methoxy groups -OCH3 is 1. The summed E-state index contributed by atoms with van der Waals surface area (Å²) < 4.78 is 16.1. The largest absolute Gasteiger partial charge is 0.465 e. The number of carbonyl (C=O) groups excluding carboxylic acids is 2. The Hall–Kier alpha value is -2.72. The number of amides is 1. The second-order valence-corrected chi connectivity index (χ2v) is 10.3. The van der Waals surface area contributed by atoms with Crippen LogP contribution >= 0.6 is 0 Å². The van der Waals surface area contributed by atoms with Crippen molar-refractivity contribution < 1.29 is 23.8 Å². The quantitative estimate of drug-likeness (QED) is 0.452. The Kier molecular flexibility index (Phi) is 9.07. The molecule has 0 N–H and O–H groups in total. The standard InChI is InChI=1S/C28H40N2O5/c1-7-30(23-12-16-34-17-13-23)25-19-22(18-24(20(25)2)26(31)33-6)9-8-21-10-14-29(15-11-21)27(32)35-28(3,4)5/h18-19,21,23H,7,10-17H2,1-6H3. The van der Waals surface area contributed by atoms with Gasteiger partial charge in [0.05, 0.1) is 12.7 Å². The molecule has 3 rings (SSSR count). The van der Waals surface area contributed by atoms with Gasteiger partial charge in [-0.3, -0.25) is 0 Å². The van der Waals surface area contributed by atoms with Crippen molar-refractivity contribution in [1.29, 1.82) is 0 Å². The highest BCUT2D eigenvalue weighted by atomic mass is 16.6. The topological polar surface area (TPSA) is 68.3 Å². The molecule has 2 aliphatic rings. The molecule has 2 saturated heterocycles. The van der Waals surface area contributed by atoms with Crippen LogP contribution in [0.2, 0.25) is 0 Å². The van der Waals surface area contributed by atoms with Crippen LogP contribution in [-0.2, 0) is 14.2 Å². The van der Waals surface area contributed by atoms with E-state index >= 15 is 0 Å². The first kappa shape index (κ1) is 26.9. The van der Waals surface area contributed by atoms with Gasteiger partial charge >= 0.3 is 12.1 Å². The second kappa shape index (κ2) is 11.8. The number of rotatable bonds is 4. The Morgan fingerprint density at radius 1 is 1.14 bits per heavy atom. The SMILES string of the molecule is CCN(c1cc(C#CC2CCN(C(=O)OC(C)(C)C)CC2)cc(C(=O)OC)c1C)C1CCOCC1. The van der Waals surface area contributed by atoms with Gasteiger partial charge in [-0.1, -0.05) is 11.8 Å². The Morgan fingerprint density at radius 2 is 1.80 bits per heavy atom. The lowest BCUT2D eigenvalue weighted by molar-refractivity contribution is 0.0199. The molecule has 7 heteroatoms. The molecule has 7 nitrogen and oxygen atoms in total. The van der Waals surface area contributed by atoms with Crippen molar-refractivity contribution >= 4 is 17.7 Å². The zero-order valence-corrected chi connectivity index (χ0v) is 22.1. The van der Waals surface area contributed by atoms with Crippen LogP contribution < -0.4 is 4.90 Å². The molecule has 0 saturated carbocycles.